The lowest BCUT2D eigenvalue weighted by Crippen LogP contribution is -2.24. The minimum Gasteiger partial charge on any atom is -0.352 e. The summed E-state index contributed by atoms with van der Waals surface area (Å²) in [6, 6.07) is 13.7. The van der Waals surface area contributed by atoms with Crippen molar-refractivity contribution in [1.82, 2.24) is 19.9 Å². The van der Waals surface area contributed by atoms with Gasteiger partial charge >= 0.3 is 0 Å². The molecule has 0 unspecified atom stereocenters. The zero-order valence-electron chi connectivity index (χ0n) is 15.8. The van der Waals surface area contributed by atoms with Gasteiger partial charge in [-0.05, 0) is 61.9 Å². The molecule has 1 amide bonds. The molecule has 0 atom stereocenters. The molecular weight excluding hydrogens is 368 g/mol. The van der Waals surface area contributed by atoms with Crippen LogP contribution in [-0.2, 0) is 5.75 Å². The number of carbonyl (C=O) groups is 1. The molecule has 1 aromatic carbocycles. The Morgan fingerprint density at radius 3 is 2.82 bits per heavy atom. The molecule has 0 spiro atoms. The third kappa shape index (κ3) is 4.62. The lowest BCUT2D eigenvalue weighted by atomic mass is 9.97. The van der Waals surface area contributed by atoms with E-state index in [1.165, 1.54) is 31.3 Å². The van der Waals surface area contributed by atoms with Crippen LogP contribution < -0.4 is 5.32 Å². The van der Waals surface area contributed by atoms with E-state index in [0.29, 0.717) is 12.1 Å². The molecule has 28 heavy (non-hydrogen) atoms. The monoisotopic (exact) mass is 392 g/mol. The molecule has 2 heterocycles. The summed E-state index contributed by atoms with van der Waals surface area (Å²) in [4.78, 5) is 12.3. The molecule has 0 fully saturated rings. The SMILES string of the molecule is O=C(NCCC1=CCCCC1)c1ccc(CSc2nnc3ccccn23)cc1. The van der Waals surface area contributed by atoms with E-state index in [9.17, 15) is 4.79 Å². The molecule has 5 nitrogen and oxygen atoms in total. The average molecular weight is 393 g/mol. The predicted molar refractivity (Wildman–Crippen MR) is 112 cm³/mol. The third-order valence-electron chi connectivity index (χ3n) is 4.98. The normalized spacial score (nSPS) is 14.1. The van der Waals surface area contributed by atoms with E-state index < -0.39 is 0 Å². The molecule has 0 saturated carbocycles. The largest absolute Gasteiger partial charge is 0.352 e. The van der Waals surface area contributed by atoms with Gasteiger partial charge in [-0.3, -0.25) is 9.20 Å². The second-order valence-electron chi connectivity index (χ2n) is 7.01. The van der Waals surface area contributed by atoms with Gasteiger partial charge in [-0.25, -0.2) is 0 Å². The lowest BCUT2D eigenvalue weighted by molar-refractivity contribution is 0.0954. The molecule has 4 rings (SSSR count). The zero-order valence-corrected chi connectivity index (χ0v) is 16.6. The number of nitrogens with zero attached hydrogens (tertiary/aromatic N) is 3. The van der Waals surface area contributed by atoms with Crippen molar-refractivity contribution in [2.45, 2.75) is 43.0 Å². The zero-order chi connectivity index (χ0) is 19.2. The van der Waals surface area contributed by atoms with Crippen LogP contribution in [0.2, 0.25) is 0 Å². The van der Waals surface area contributed by atoms with Gasteiger partial charge in [0, 0.05) is 24.1 Å². The Labute approximate surface area is 169 Å². The van der Waals surface area contributed by atoms with Gasteiger partial charge < -0.3 is 5.32 Å². The van der Waals surface area contributed by atoms with Crippen LogP contribution in [0.1, 0.15) is 48.0 Å². The first-order valence-corrected chi connectivity index (χ1v) is 10.8. The molecule has 144 valence electrons. The van der Waals surface area contributed by atoms with Gasteiger partial charge in [0.1, 0.15) is 0 Å². The van der Waals surface area contributed by atoms with E-state index >= 15 is 0 Å². The van der Waals surface area contributed by atoms with Crippen LogP contribution in [-0.4, -0.2) is 27.0 Å². The summed E-state index contributed by atoms with van der Waals surface area (Å²) in [6.45, 7) is 0.711. The number of fused-ring (bicyclic) bond motifs is 1. The fraction of sp³-hybridized carbons (Fsp3) is 0.318. The number of pyridine rings is 1. The molecule has 1 aliphatic rings. The molecule has 1 aliphatic carbocycles. The summed E-state index contributed by atoms with van der Waals surface area (Å²) in [6.07, 6.45) is 10.2. The third-order valence-corrected chi connectivity index (χ3v) is 6.00. The fourth-order valence-electron chi connectivity index (χ4n) is 3.39. The van der Waals surface area contributed by atoms with Crippen LogP contribution in [0.25, 0.3) is 5.65 Å². The van der Waals surface area contributed by atoms with Crippen molar-refractivity contribution >= 4 is 23.3 Å². The van der Waals surface area contributed by atoms with Gasteiger partial charge in [-0.2, -0.15) is 0 Å². The highest BCUT2D eigenvalue weighted by molar-refractivity contribution is 7.98. The summed E-state index contributed by atoms with van der Waals surface area (Å²) in [7, 11) is 0. The molecule has 0 bridgehead atoms. The molecule has 0 aliphatic heterocycles. The first-order chi connectivity index (χ1) is 13.8. The van der Waals surface area contributed by atoms with Crippen LogP contribution in [0.3, 0.4) is 0 Å². The summed E-state index contributed by atoms with van der Waals surface area (Å²) in [5.74, 6) is 0.783. The Morgan fingerprint density at radius 2 is 2.00 bits per heavy atom. The van der Waals surface area contributed by atoms with Crippen molar-refractivity contribution in [3.63, 3.8) is 0 Å². The molecule has 0 radical (unpaired) electrons. The number of hydrogen-bond donors (Lipinski definition) is 1. The second-order valence-corrected chi connectivity index (χ2v) is 7.95. The summed E-state index contributed by atoms with van der Waals surface area (Å²) in [5.41, 5.74) is 4.20. The maximum absolute atomic E-state index is 12.3. The topological polar surface area (TPSA) is 59.3 Å². The van der Waals surface area contributed by atoms with Gasteiger partial charge in [-0.15, -0.1) is 10.2 Å². The average Bonchev–Trinajstić information content (AvgIpc) is 3.16. The Balaban J connectivity index is 1.28. The Hall–Kier alpha value is -2.60. The van der Waals surface area contributed by atoms with Crippen molar-refractivity contribution in [2.75, 3.05) is 6.54 Å². The van der Waals surface area contributed by atoms with E-state index in [-0.39, 0.29) is 5.91 Å². The number of allylic oxidation sites excluding steroid dienone is 1. The highest BCUT2D eigenvalue weighted by atomic mass is 32.2. The molecular formula is C22H24N4OS. The Bertz CT molecular complexity index is 978. The van der Waals surface area contributed by atoms with Gasteiger partial charge in [0.15, 0.2) is 10.8 Å². The van der Waals surface area contributed by atoms with E-state index in [1.54, 1.807) is 11.8 Å². The Kier molecular flexibility index (Phi) is 6.07. The number of rotatable bonds is 7. The van der Waals surface area contributed by atoms with Crippen LogP contribution in [0.15, 0.2) is 65.5 Å². The number of thioether (sulfide) groups is 1. The van der Waals surface area contributed by atoms with Crippen molar-refractivity contribution in [2.24, 2.45) is 0 Å². The van der Waals surface area contributed by atoms with Crippen LogP contribution >= 0.6 is 11.8 Å². The van der Waals surface area contributed by atoms with Crippen molar-refractivity contribution in [1.29, 1.82) is 0 Å². The predicted octanol–water partition coefficient (Wildman–Crippen LogP) is 4.64. The van der Waals surface area contributed by atoms with E-state index in [2.05, 4.69) is 21.6 Å². The van der Waals surface area contributed by atoms with Gasteiger partial charge in [0.2, 0.25) is 0 Å². The summed E-state index contributed by atoms with van der Waals surface area (Å²) in [5, 5.41) is 12.3. The van der Waals surface area contributed by atoms with Crippen LogP contribution in [0.4, 0.5) is 0 Å². The molecule has 1 N–H and O–H groups in total. The number of hydrogen-bond acceptors (Lipinski definition) is 4. The number of benzene rings is 1. The van der Waals surface area contributed by atoms with Gasteiger partial charge in [-0.1, -0.05) is 41.6 Å². The number of nitrogens with one attached hydrogen (secondary N) is 1. The first kappa shape index (κ1) is 18.7. The van der Waals surface area contributed by atoms with Crippen molar-refractivity contribution in [3.8, 4) is 0 Å². The minimum absolute atomic E-state index is 0.000867. The van der Waals surface area contributed by atoms with E-state index in [1.807, 2.05) is 53.1 Å². The number of amides is 1. The maximum atomic E-state index is 12.3. The minimum atomic E-state index is -0.000867. The summed E-state index contributed by atoms with van der Waals surface area (Å²) < 4.78 is 1.98. The van der Waals surface area contributed by atoms with Crippen molar-refractivity contribution in [3.05, 3.63) is 71.4 Å². The highest BCUT2D eigenvalue weighted by Gasteiger charge is 2.09. The second kappa shape index (κ2) is 9.06. The van der Waals surface area contributed by atoms with E-state index in [0.717, 1.165) is 28.5 Å². The summed E-state index contributed by atoms with van der Waals surface area (Å²) >= 11 is 1.64. The van der Waals surface area contributed by atoms with E-state index in [4.69, 9.17) is 0 Å². The molecule has 3 aromatic rings. The standard InChI is InChI=1S/C22H24N4OS/c27-21(23-14-13-17-6-2-1-3-7-17)19-11-9-18(10-12-19)16-28-22-25-24-20-8-4-5-15-26(20)22/h4-6,8-12,15H,1-3,7,13-14,16H2,(H,23,27). The maximum Gasteiger partial charge on any atom is 0.251 e. The number of aromatic nitrogens is 3. The smallest absolute Gasteiger partial charge is 0.251 e. The lowest BCUT2D eigenvalue weighted by Gasteiger charge is -2.13. The van der Waals surface area contributed by atoms with Crippen molar-refractivity contribution < 1.29 is 4.79 Å². The van der Waals surface area contributed by atoms with Gasteiger partial charge in [0.05, 0.1) is 0 Å². The quantitative estimate of drug-likeness (QED) is 0.470. The fourth-order valence-corrected chi connectivity index (χ4v) is 4.27. The first-order valence-electron chi connectivity index (χ1n) is 9.77. The van der Waals surface area contributed by atoms with Crippen LogP contribution in [0.5, 0.6) is 0 Å². The molecule has 0 saturated heterocycles. The Morgan fingerprint density at radius 1 is 1.11 bits per heavy atom. The molecule has 2 aromatic heterocycles. The highest BCUT2D eigenvalue weighted by Crippen LogP contribution is 2.22. The van der Waals surface area contributed by atoms with Crippen LogP contribution in [0, 0.1) is 0 Å². The number of carbonyl (C=O) groups excluding carboxylic acids is 1. The van der Waals surface area contributed by atoms with Gasteiger partial charge in [0.25, 0.3) is 5.91 Å². The molecule has 6 heteroatoms.